The minimum Gasteiger partial charge on any atom is -0.454 e. The van der Waals surface area contributed by atoms with Gasteiger partial charge < -0.3 is 24.3 Å². The number of rotatable bonds is 7. The molecule has 7 nitrogen and oxygen atoms in total. The lowest BCUT2D eigenvalue weighted by Crippen LogP contribution is -2.49. The van der Waals surface area contributed by atoms with Crippen LogP contribution in [0.4, 0.5) is 5.69 Å². The standard InChI is InChI=1S/C28H27N3O4/c1-30-14-13-22-20(9-6-10-24(22)30)16-27(32)29-23(15-19-7-4-3-5-8-19)28(33)31(2)21-11-12-25-26(17-21)35-18-34-25/h3-14,17,23H,15-16,18H2,1-2H3,(H,29,32). The van der Waals surface area contributed by atoms with Crippen LogP contribution in [-0.2, 0) is 29.5 Å². The monoisotopic (exact) mass is 469 g/mol. The zero-order valence-corrected chi connectivity index (χ0v) is 19.7. The summed E-state index contributed by atoms with van der Waals surface area (Å²) in [5.41, 5.74) is 3.63. The lowest BCUT2D eigenvalue weighted by atomic mass is 10.0. The number of anilines is 1. The van der Waals surface area contributed by atoms with Gasteiger partial charge in [0.2, 0.25) is 18.6 Å². The average molecular weight is 470 g/mol. The van der Waals surface area contributed by atoms with Crippen molar-refractivity contribution in [1.82, 2.24) is 9.88 Å². The summed E-state index contributed by atoms with van der Waals surface area (Å²) >= 11 is 0. The van der Waals surface area contributed by atoms with Crippen LogP contribution in [-0.4, -0.2) is 36.3 Å². The SMILES string of the molecule is CN(C(=O)C(Cc1ccccc1)NC(=O)Cc1cccc2c1ccn2C)c1ccc2c(c1)OCO2. The van der Waals surface area contributed by atoms with Gasteiger partial charge in [-0.1, -0.05) is 42.5 Å². The highest BCUT2D eigenvalue weighted by molar-refractivity contribution is 6.00. The lowest BCUT2D eigenvalue weighted by Gasteiger charge is -2.25. The van der Waals surface area contributed by atoms with Gasteiger partial charge >= 0.3 is 0 Å². The molecule has 1 N–H and O–H groups in total. The van der Waals surface area contributed by atoms with Crippen molar-refractivity contribution in [3.8, 4) is 11.5 Å². The zero-order chi connectivity index (χ0) is 24.4. The van der Waals surface area contributed by atoms with E-state index >= 15 is 0 Å². The number of hydrogen-bond donors (Lipinski definition) is 1. The summed E-state index contributed by atoms with van der Waals surface area (Å²) in [4.78, 5) is 28.3. The van der Waals surface area contributed by atoms with Crippen LogP contribution in [0.5, 0.6) is 11.5 Å². The second kappa shape index (κ2) is 9.54. The van der Waals surface area contributed by atoms with Crippen molar-refractivity contribution in [3.05, 3.63) is 90.1 Å². The van der Waals surface area contributed by atoms with Crippen LogP contribution < -0.4 is 19.7 Å². The maximum absolute atomic E-state index is 13.6. The Bertz CT molecular complexity index is 1380. The largest absolute Gasteiger partial charge is 0.454 e. The summed E-state index contributed by atoms with van der Waals surface area (Å²) in [6, 6.07) is 22.3. The van der Waals surface area contributed by atoms with Crippen molar-refractivity contribution in [2.75, 3.05) is 18.7 Å². The summed E-state index contributed by atoms with van der Waals surface area (Å²) in [5, 5.41) is 4.03. The first-order valence-electron chi connectivity index (χ1n) is 11.5. The van der Waals surface area contributed by atoms with E-state index in [0.29, 0.717) is 23.6 Å². The van der Waals surface area contributed by atoms with Gasteiger partial charge in [0.25, 0.3) is 0 Å². The van der Waals surface area contributed by atoms with Crippen LogP contribution in [0.2, 0.25) is 0 Å². The molecule has 1 aliphatic heterocycles. The molecule has 2 heterocycles. The van der Waals surface area contributed by atoms with Gasteiger partial charge in [-0.25, -0.2) is 0 Å². The van der Waals surface area contributed by atoms with Crippen molar-refractivity contribution < 1.29 is 19.1 Å². The Morgan fingerprint density at radius 2 is 1.80 bits per heavy atom. The molecule has 0 saturated heterocycles. The highest BCUT2D eigenvalue weighted by atomic mass is 16.7. The Labute approximate surface area is 203 Å². The number of ether oxygens (including phenoxy) is 2. The van der Waals surface area contributed by atoms with Gasteiger partial charge in [-0.3, -0.25) is 9.59 Å². The Balaban J connectivity index is 1.37. The summed E-state index contributed by atoms with van der Waals surface area (Å²) in [6.07, 6.45) is 2.55. The number of aryl methyl sites for hydroxylation is 1. The molecule has 178 valence electrons. The number of nitrogens with one attached hydrogen (secondary N) is 1. The van der Waals surface area contributed by atoms with Gasteiger partial charge in [-0.15, -0.1) is 0 Å². The van der Waals surface area contributed by atoms with E-state index in [1.165, 1.54) is 0 Å². The van der Waals surface area contributed by atoms with E-state index in [2.05, 4.69) is 5.32 Å². The fourth-order valence-corrected chi connectivity index (χ4v) is 4.44. The fraction of sp³-hybridized carbons (Fsp3) is 0.214. The normalized spacial score (nSPS) is 13.0. The molecule has 2 amide bonds. The number of aromatic nitrogens is 1. The van der Waals surface area contributed by atoms with Gasteiger partial charge in [0.05, 0.1) is 6.42 Å². The molecular weight excluding hydrogens is 442 g/mol. The number of carbonyl (C=O) groups is 2. The maximum Gasteiger partial charge on any atom is 0.249 e. The maximum atomic E-state index is 13.6. The number of nitrogens with zero attached hydrogens (tertiary/aromatic N) is 2. The molecule has 5 rings (SSSR count). The predicted octanol–water partition coefficient (Wildman–Crippen LogP) is 3.84. The molecule has 0 fully saturated rings. The zero-order valence-electron chi connectivity index (χ0n) is 19.7. The van der Waals surface area contributed by atoms with Crippen LogP contribution in [0.1, 0.15) is 11.1 Å². The molecule has 3 aromatic carbocycles. The highest BCUT2D eigenvalue weighted by Crippen LogP contribution is 2.35. The van der Waals surface area contributed by atoms with Crippen molar-refractivity contribution in [2.45, 2.75) is 18.9 Å². The second-order valence-corrected chi connectivity index (χ2v) is 8.70. The van der Waals surface area contributed by atoms with Crippen LogP contribution in [0.15, 0.2) is 79.0 Å². The van der Waals surface area contributed by atoms with Gasteiger partial charge in [-0.05, 0) is 35.4 Å². The molecule has 0 saturated carbocycles. The van der Waals surface area contributed by atoms with Crippen LogP contribution in [0.25, 0.3) is 10.9 Å². The molecule has 1 aliphatic rings. The van der Waals surface area contributed by atoms with E-state index in [1.807, 2.05) is 78.5 Å². The molecule has 0 spiro atoms. The van der Waals surface area contributed by atoms with Gasteiger partial charge in [0.1, 0.15) is 6.04 Å². The van der Waals surface area contributed by atoms with Crippen LogP contribution in [0.3, 0.4) is 0 Å². The number of hydrogen-bond acceptors (Lipinski definition) is 4. The molecule has 7 heteroatoms. The quantitative estimate of drug-likeness (QED) is 0.446. The van der Waals surface area contributed by atoms with Gasteiger partial charge in [-0.2, -0.15) is 0 Å². The Kier molecular flexibility index (Phi) is 6.14. The van der Waals surface area contributed by atoms with Crippen molar-refractivity contribution in [2.24, 2.45) is 7.05 Å². The topological polar surface area (TPSA) is 72.8 Å². The molecule has 0 radical (unpaired) electrons. The summed E-state index contributed by atoms with van der Waals surface area (Å²) < 4.78 is 12.9. The average Bonchev–Trinajstić information content (AvgIpc) is 3.50. The smallest absolute Gasteiger partial charge is 0.249 e. The highest BCUT2D eigenvalue weighted by Gasteiger charge is 2.27. The van der Waals surface area contributed by atoms with E-state index in [0.717, 1.165) is 22.0 Å². The molecule has 1 aromatic heterocycles. The Morgan fingerprint density at radius 1 is 1.00 bits per heavy atom. The van der Waals surface area contributed by atoms with E-state index < -0.39 is 6.04 Å². The van der Waals surface area contributed by atoms with Crippen molar-refractivity contribution in [1.29, 1.82) is 0 Å². The lowest BCUT2D eigenvalue weighted by molar-refractivity contribution is -0.127. The molecule has 0 aliphatic carbocycles. The fourth-order valence-electron chi connectivity index (χ4n) is 4.44. The van der Waals surface area contributed by atoms with E-state index in [9.17, 15) is 9.59 Å². The predicted molar refractivity (Wildman–Crippen MR) is 135 cm³/mol. The van der Waals surface area contributed by atoms with Crippen LogP contribution in [0, 0.1) is 0 Å². The number of carbonyl (C=O) groups excluding carboxylic acids is 2. The van der Waals surface area contributed by atoms with Crippen LogP contribution >= 0.6 is 0 Å². The molecule has 1 unspecified atom stereocenters. The van der Waals surface area contributed by atoms with E-state index in [1.54, 1.807) is 24.1 Å². The van der Waals surface area contributed by atoms with E-state index in [-0.39, 0.29) is 25.0 Å². The number of amides is 2. The molecule has 35 heavy (non-hydrogen) atoms. The van der Waals surface area contributed by atoms with Gasteiger partial charge in [0.15, 0.2) is 11.5 Å². The third kappa shape index (κ3) is 4.71. The van der Waals surface area contributed by atoms with Gasteiger partial charge in [0, 0.05) is 49.4 Å². The third-order valence-electron chi connectivity index (χ3n) is 6.36. The first-order valence-corrected chi connectivity index (χ1v) is 11.5. The molecular formula is C28H27N3O4. The first kappa shape index (κ1) is 22.5. The summed E-state index contributed by atoms with van der Waals surface area (Å²) in [6.45, 7) is 0.164. The Hall–Kier alpha value is -4.26. The number of likely N-dealkylation sites (N-methyl/N-ethyl adjacent to an activating group) is 1. The second-order valence-electron chi connectivity index (χ2n) is 8.70. The Morgan fingerprint density at radius 3 is 2.63 bits per heavy atom. The van der Waals surface area contributed by atoms with Crippen molar-refractivity contribution >= 4 is 28.4 Å². The minimum atomic E-state index is -0.727. The summed E-state index contributed by atoms with van der Waals surface area (Å²) in [7, 11) is 3.68. The molecule has 1 atom stereocenters. The van der Waals surface area contributed by atoms with Crippen molar-refractivity contribution in [3.63, 3.8) is 0 Å². The minimum absolute atomic E-state index is 0.164. The number of benzene rings is 3. The first-order chi connectivity index (χ1) is 17.0. The molecule has 0 bridgehead atoms. The van der Waals surface area contributed by atoms with E-state index in [4.69, 9.17) is 9.47 Å². The number of fused-ring (bicyclic) bond motifs is 2. The summed E-state index contributed by atoms with van der Waals surface area (Å²) in [5.74, 6) is 0.842. The molecule has 4 aromatic rings. The third-order valence-corrected chi connectivity index (χ3v) is 6.36.